The van der Waals surface area contributed by atoms with Crippen LogP contribution in [0.3, 0.4) is 0 Å². The first-order valence-electron chi connectivity index (χ1n) is 9.00. The Kier molecular flexibility index (Phi) is 5.94. The van der Waals surface area contributed by atoms with Crippen molar-refractivity contribution in [3.8, 4) is 36.4 Å². The molecule has 3 rings (SSSR count). The molecule has 32 heavy (non-hydrogen) atoms. The maximum absolute atomic E-state index is 9.48. The van der Waals surface area contributed by atoms with Gasteiger partial charge in [-0.1, -0.05) is 0 Å². The van der Waals surface area contributed by atoms with E-state index in [2.05, 4.69) is 30.3 Å². The Bertz CT molecular complexity index is 1370. The molecule has 2 unspecified atom stereocenters. The summed E-state index contributed by atoms with van der Waals surface area (Å²) < 4.78 is 0. The summed E-state index contributed by atoms with van der Waals surface area (Å²) in [7, 11) is 0. The minimum Gasteiger partial charge on any atom is -0.361 e. The highest BCUT2D eigenvalue weighted by Gasteiger charge is 2.32. The van der Waals surface area contributed by atoms with Gasteiger partial charge in [0.2, 0.25) is 0 Å². The molecule has 12 nitrogen and oxygen atoms in total. The molecule has 150 valence electrons. The number of hydrogen-bond acceptors (Lipinski definition) is 12. The van der Waals surface area contributed by atoms with Crippen LogP contribution in [-0.4, -0.2) is 47.2 Å². The van der Waals surface area contributed by atoms with Gasteiger partial charge in [-0.05, 0) is 6.92 Å². The lowest BCUT2D eigenvalue weighted by molar-refractivity contribution is 0.735. The second-order valence-electron chi connectivity index (χ2n) is 6.43. The fourth-order valence-electron chi connectivity index (χ4n) is 3.02. The van der Waals surface area contributed by atoms with E-state index in [1.807, 2.05) is 36.4 Å². The van der Waals surface area contributed by atoms with E-state index in [9.17, 15) is 31.6 Å². The summed E-state index contributed by atoms with van der Waals surface area (Å²) in [6.07, 6.45) is -0.124. The van der Waals surface area contributed by atoms with Crippen LogP contribution in [0.25, 0.3) is 0 Å². The SMILES string of the molecule is CC1N=C(C#N)C(C#N)=NCC2=C(N=C(C#N)CC(C#N)=N2)C2=C1N=C(C#N)C(C#N)N2. The van der Waals surface area contributed by atoms with E-state index in [4.69, 9.17) is 0 Å². The fraction of sp³-hybridized carbons (Fsp3) is 0.250. The van der Waals surface area contributed by atoms with Gasteiger partial charge in [0.05, 0.1) is 42.2 Å². The van der Waals surface area contributed by atoms with Crippen LogP contribution < -0.4 is 5.32 Å². The number of fused-ring (bicyclic) bond motifs is 1. The largest absolute Gasteiger partial charge is 0.361 e. The smallest absolute Gasteiger partial charge is 0.172 e. The molecule has 0 aromatic carbocycles. The van der Waals surface area contributed by atoms with Crippen LogP contribution in [0.5, 0.6) is 0 Å². The molecule has 0 aromatic heterocycles. The van der Waals surface area contributed by atoms with Crippen molar-refractivity contribution >= 4 is 28.6 Å². The molecular weight excluding hydrogens is 408 g/mol. The second kappa shape index (κ2) is 8.93. The first kappa shape index (κ1) is 21.3. The van der Waals surface area contributed by atoms with Crippen molar-refractivity contribution in [3.63, 3.8) is 0 Å². The zero-order chi connectivity index (χ0) is 23.3. The third-order valence-electron chi connectivity index (χ3n) is 4.46. The van der Waals surface area contributed by atoms with Crippen LogP contribution in [0.4, 0.5) is 0 Å². The van der Waals surface area contributed by atoms with Gasteiger partial charge in [-0.3, -0.25) is 9.98 Å². The van der Waals surface area contributed by atoms with E-state index in [1.54, 1.807) is 6.92 Å². The Hall–Kier alpha value is -5.43. The average Bonchev–Trinajstić information content (AvgIpc) is 3.01. The molecule has 0 saturated carbocycles. The molecule has 12 heteroatoms. The van der Waals surface area contributed by atoms with Gasteiger partial charge in [-0.2, -0.15) is 31.6 Å². The van der Waals surface area contributed by atoms with Crippen LogP contribution in [0.1, 0.15) is 13.3 Å². The fourth-order valence-corrected chi connectivity index (χ4v) is 3.02. The van der Waals surface area contributed by atoms with Gasteiger partial charge in [0.15, 0.2) is 23.2 Å². The molecule has 0 radical (unpaired) electrons. The predicted molar refractivity (Wildman–Crippen MR) is 111 cm³/mol. The Morgan fingerprint density at radius 1 is 0.844 bits per heavy atom. The van der Waals surface area contributed by atoms with Gasteiger partial charge in [0.25, 0.3) is 0 Å². The van der Waals surface area contributed by atoms with E-state index < -0.39 is 12.1 Å². The van der Waals surface area contributed by atoms with E-state index in [0.717, 1.165) is 0 Å². The Balaban J connectivity index is 2.44. The molecule has 1 N–H and O–H groups in total. The van der Waals surface area contributed by atoms with Crippen LogP contribution in [0, 0.1) is 68.0 Å². The lowest BCUT2D eigenvalue weighted by Crippen LogP contribution is -2.40. The molecule has 0 aliphatic carbocycles. The predicted octanol–water partition coefficient (Wildman–Crippen LogP) is 0.534. The molecule has 0 fully saturated rings. The maximum atomic E-state index is 9.48. The van der Waals surface area contributed by atoms with Crippen molar-refractivity contribution < 1.29 is 0 Å². The summed E-state index contributed by atoms with van der Waals surface area (Å²) in [4.78, 5) is 21.2. The van der Waals surface area contributed by atoms with Gasteiger partial charge in [0.1, 0.15) is 47.5 Å². The average molecular weight is 418 g/mol. The van der Waals surface area contributed by atoms with Crippen molar-refractivity contribution in [2.45, 2.75) is 25.4 Å². The zero-order valence-corrected chi connectivity index (χ0v) is 16.5. The second-order valence-corrected chi connectivity index (χ2v) is 6.43. The van der Waals surface area contributed by atoms with Gasteiger partial charge in [-0.25, -0.2) is 15.0 Å². The topological polar surface area (TPSA) is 217 Å². The highest BCUT2D eigenvalue weighted by atomic mass is 15.1. The Morgan fingerprint density at radius 3 is 2.12 bits per heavy atom. The van der Waals surface area contributed by atoms with Crippen molar-refractivity contribution in [1.29, 1.82) is 31.6 Å². The Labute approximate surface area is 182 Å². The molecule has 0 aromatic rings. The molecule has 2 atom stereocenters. The summed E-state index contributed by atoms with van der Waals surface area (Å²) in [6.45, 7) is 1.32. The number of nitriles is 6. The molecule has 3 heterocycles. The van der Waals surface area contributed by atoms with E-state index in [0.29, 0.717) is 0 Å². The monoisotopic (exact) mass is 418 g/mol. The van der Waals surface area contributed by atoms with Crippen LogP contribution >= 0.6 is 0 Å². The zero-order valence-electron chi connectivity index (χ0n) is 16.5. The third kappa shape index (κ3) is 3.85. The first-order chi connectivity index (χ1) is 15.5. The minimum absolute atomic E-state index is 0.000651. The van der Waals surface area contributed by atoms with Gasteiger partial charge in [-0.15, -0.1) is 0 Å². The van der Waals surface area contributed by atoms with Gasteiger partial charge >= 0.3 is 0 Å². The number of nitrogens with one attached hydrogen (secondary N) is 1. The first-order valence-corrected chi connectivity index (χ1v) is 9.00. The molecule has 0 bridgehead atoms. The van der Waals surface area contributed by atoms with Crippen LogP contribution in [0.15, 0.2) is 47.8 Å². The summed E-state index contributed by atoms with van der Waals surface area (Å²) in [6, 6.07) is 9.28. The van der Waals surface area contributed by atoms with E-state index in [1.165, 1.54) is 0 Å². The normalized spacial score (nSPS) is 22.4. The van der Waals surface area contributed by atoms with E-state index >= 15 is 0 Å². The quantitative estimate of drug-likeness (QED) is 0.587. The van der Waals surface area contributed by atoms with Crippen molar-refractivity contribution in [2.75, 3.05) is 6.54 Å². The number of rotatable bonds is 0. The summed E-state index contributed by atoms with van der Waals surface area (Å²) in [5.41, 5.74) is -0.0898. The molecule has 0 spiro atoms. The lowest BCUT2D eigenvalue weighted by atomic mass is 10.0. The standard InChI is InChI=1S/C20H10N12/c1-10-18-20(32-16(8-26)15(7-25)31-18)19-17(9-27-13(5-23)14(6-24)28-10)29-11(3-21)2-12(4-22)30-19/h10,16,32H,2,9H2,1H3. The molecule has 0 amide bonds. The van der Waals surface area contributed by atoms with Crippen molar-refractivity contribution in [3.05, 3.63) is 22.8 Å². The minimum atomic E-state index is -1.11. The lowest BCUT2D eigenvalue weighted by Gasteiger charge is -2.25. The summed E-state index contributed by atoms with van der Waals surface area (Å²) in [5.74, 6) is 0. The van der Waals surface area contributed by atoms with Gasteiger partial charge < -0.3 is 5.32 Å². The number of hydrogen-bond donors (Lipinski definition) is 1. The third-order valence-corrected chi connectivity index (χ3v) is 4.46. The van der Waals surface area contributed by atoms with Crippen LogP contribution in [0.2, 0.25) is 0 Å². The highest BCUT2D eigenvalue weighted by molar-refractivity contribution is 6.53. The number of aliphatic imine (C=N–C) groups is 5. The summed E-state index contributed by atoms with van der Waals surface area (Å²) >= 11 is 0. The number of nitrogens with zero attached hydrogens (tertiary/aromatic N) is 11. The molecule has 3 aliphatic heterocycles. The van der Waals surface area contributed by atoms with Crippen molar-refractivity contribution in [2.24, 2.45) is 25.0 Å². The van der Waals surface area contributed by atoms with E-state index in [-0.39, 0.29) is 64.3 Å². The molecular formula is C20H10N12. The Morgan fingerprint density at radius 2 is 1.53 bits per heavy atom. The maximum Gasteiger partial charge on any atom is 0.172 e. The highest BCUT2D eigenvalue weighted by Crippen LogP contribution is 2.29. The molecule has 3 aliphatic rings. The van der Waals surface area contributed by atoms with Crippen molar-refractivity contribution in [1.82, 2.24) is 5.32 Å². The summed E-state index contributed by atoms with van der Waals surface area (Å²) in [5, 5.41) is 59.6. The van der Waals surface area contributed by atoms with Gasteiger partial charge in [0, 0.05) is 0 Å². The van der Waals surface area contributed by atoms with Crippen LogP contribution in [-0.2, 0) is 0 Å². The molecule has 0 saturated heterocycles.